The number of nitrogens with one attached hydrogen (secondary N) is 1. The summed E-state index contributed by atoms with van der Waals surface area (Å²) < 4.78 is 10.3. The summed E-state index contributed by atoms with van der Waals surface area (Å²) in [7, 11) is 3.19. The van der Waals surface area contributed by atoms with Crippen LogP contribution in [-0.2, 0) is 0 Å². The highest BCUT2D eigenvalue weighted by Crippen LogP contribution is 2.25. The summed E-state index contributed by atoms with van der Waals surface area (Å²) in [6.45, 7) is 0. The van der Waals surface area contributed by atoms with Gasteiger partial charge in [-0.2, -0.15) is 0 Å². The third-order valence-corrected chi connectivity index (χ3v) is 4.49. The van der Waals surface area contributed by atoms with Gasteiger partial charge in [0.05, 0.1) is 25.6 Å². The SMILES string of the molecule is COc1ccc(C(=O)Nc2ccccc2-c2nnn(-c3ccc(OC)cc3)n2)cc1. The number of amides is 1. The lowest BCUT2D eigenvalue weighted by Gasteiger charge is -2.09. The van der Waals surface area contributed by atoms with Crippen LogP contribution in [0.15, 0.2) is 72.8 Å². The van der Waals surface area contributed by atoms with Crippen LogP contribution in [0.2, 0.25) is 0 Å². The van der Waals surface area contributed by atoms with Gasteiger partial charge in [-0.1, -0.05) is 12.1 Å². The van der Waals surface area contributed by atoms with Crippen molar-refractivity contribution < 1.29 is 14.3 Å². The average molecular weight is 401 g/mol. The van der Waals surface area contributed by atoms with Crippen LogP contribution in [0.5, 0.6) is 11.5 Å². The number of carbonyl (C=O) groups is 1. The van der Waals surface area contributed by atoms with Gasteiger partial charge < -0.3 is 14.8 Å². The molecule has 150 valence electrons. The molecule has 1 amide bonds. The van der Waals surface area contributed by atoms with Crippen LogP contribution in [0.4, 0.5) is 5.69 Å². The van der Waals surface area contributed by atoms with Crippen LogP contribution in [0.3, 0.4) is 0 Å². The van der Waals surface area contributed by atoms with Crippen LogP contribution in [-0.4, -0.2) is 40.3 Å². The highest BCUT2D eigenvalue weighted by molar-refractivity contribution is 6.06. The molecule has 8 nitrogen and oxygen atoms in total. The molecule has 0 radical (unpaired) electrons. The first-order valence-corrected chi connectivity index (χ1v) is 9.17. The molecule has 8 heteroatoms. The minimum atomic E-state index is -0.243. The Morgan fingerprint density at radius 3 is 2.17 bits per heavy atom. The number of para-hydroxylation sites is 1. The molecule has 0 aliphatic rings. The summed E-state index contributed by atoms with van der Waals surface area (Å²) in [6.07, 6.45) is 0. The monoisotopic (exact) mass is 401 g/mol. The fourth-order valence-electron chi connectivity index (χ4n) is 2.87. The van der Waals surface area contributed by atoms with E-state index in [2.05, 4.69) is 20.7 Å². The third-order valence-electron chi connectivity index (χ3n) is 4.49. The maximum absolute atomic E-state index is 12.7. The zero-order valence-electron chi connectivity index (χ0n) is 16.4. The first kappa shape index (κ1) is 19.1. The van der Waals surface area contributed by atoms with E-state index >= 15 is 0 Å². The molecule has 0 fully saturated rings. The summed E-state index contributed by atoms with van der Waals surface area (Å²) in [5.74, 6) is 1.58. The van der Waals surface area contributed by atoms with Crippen molar-refractivity contribution in [2.45, 2.75) is 0 Å². The van der Waals surface area contributed by atoms with E-state index in [0.29, 0.717) is 28.4 Å². The van der Waals surface area contributed by atoms with Gasteiger partial charge in [-0.3, -0.25) is 4.79 Å². The van der Waals surface area contributed by atoms with Gasteiger partial charge in [0.1, 0.15) is 11.5 Å². The molecule has 0 aliphatic carbocycles. The van der Waals surface area contributed by atoms with E-state index in [4.69, 9.17) is 9.47 Å². The first-order valence-electron chi connectivity index (χ1n) is 9.17. The molecule has 3 aromatic carbocycles. The highest BCUT2D eigenvalue weighted by Gasteiger charge is 2.14. The van der Waals surface area contributed by atoms with Gasteiger partial charge in [0.2, 0.25) is 5.82 Å². The summed E-state index contributed by atoms with van der Waals surface area (Å²) in [6, 6.07) is 21.5. The Balaban J connectivity index is 1.58. The minimum absolute atomic E-state index is 0.243. The number of carbonyl (C=O) groups excluding carboxylic acids is 1. The van der Waals surface area contributed by atoms with Crippen molar-refractivity contribution in [3.05, 3.63) is 78.4 Å². The standard InChI is InChI=1S/C22H19N5O3/c1-29-17-11-7-15(8-12-17)22(28)23-20-6-4-3-5-19(20)21-24-26-27(25-21)16-9-13-18(30-2)14-10-16/h3-14H,1-2H3,(H,23,28). The Morgan fingerprint density at radius 1 is 0.867 bits per heavy atom. The maximum atomic E-state index is 12.7. The Bertz CT molecular complexity index is 1150. The van der Waals surface area contributed by atoms with E-state index in [1.807, 2.05) is 42.5 Å². The predicted molar refractivity (Wildman–Crippen MR) is 112 cm³/mol. The van der Waals surface area contributed by atoms with Crippen molar-refractivity contribution in [1.29, 1.82) is 0 Å². The van der Waals surface area contributed by atoms with Crippen molar-refractivity contribution >= 4 is 11.6 Å². The van der Waals surface area contributed by atoms with E-state index < -0.39 is 0 Å². The zero-order chi connectivity index (χ0) is 20.9. The van der Waals surface area contributed by atoms with E-state index in [1.165, 1.54) is 4.80 Å². The van der Waals surface area contributed by atoms with Crippen LogP contribution < -0.4 is 14.8 Å². The maximum Gasteiger partial charge on any atom is 0.255 e. The third kappa shape index (κ3) is 3.97. The number of anilines is 1. The molecule has 1 N–H and O–H groups in total. The Kier molecular flexibility index (Phi) is 5.38. The van der Waals surface area contributed by atoms with E-state index in [0.717, 1.165) is 11.4 Å². The topological polar surface area (TPSA) is 91.2 Å². The fourth-order valence-corrected chi connectivity index (χ4v) is 2.87. The first-order chi connectivity index (χ1) is 14.7. The second-order valence-corrected chi connectivity index (χ2v) is 6.33. The molecule has 0 saturated carbocycles. The molecule has 1 aromatic heterocycles. The van der Waals surface area contributed by atoms with Crippen molar-refractivity contribution in [1.82, 2.24) is 20.2 Å². The molecule has 0 bridgehead atoms. The molecule has 0 atom stereocenters. The molecular formula is C22H19N5O3. The van der Waals surface area contributed by atoms with E-state index in [9.17, 15) is 4.79 Å². The van der Waals surface area contributed by atoms with Crippen molar-refractivity contribution in [2.24, 2.45) is 0 Å². The Morgan fingerprint density at radius 2 is 1.50 bits per heavy atom. The van der Waals surface area contributed by atoms with Crippen molar-refractivity contribution in [2.75, 3.05) is 19.5 Å². The largest absolute Gasteiger partial charge is 0.497 e. The van der Waals surface area contributed by atoms with Crippen molar-refractivity contribution in [3.8, 4) is 28.6 Å². The number of hydrogen-bond donors (Lipinski definition) is 1. The molecule has 0 saturated heterocycles. The molecule has 0 spiro atoms. The van der Waals surface area contributed by atoms with Gasteiger partial charge in [-0.25, -0.2) is 0 Å². The number of nitrogens with zero attached hydrogens (tertiary/aromatic N) is 4. The van der Waals surface area contributed by atoms with Gasteiger partial charge in [0, 0.05) is 11.1 Å². The average Bonchev–Trinajstić information content (AvgIpc) is 3.29. The van der Waals surface area contributed by atoms with Gasteiger partial charge in [-0.05, 0) is 65.9 Å². The Hall–Kier alpha value is -4.20. The molecule has 4 rings (SSSR count). The Labute approximate surface area is 173 Å². The van der Waals surface area contributed by atoms with Gasteiger partial charge in [0.15, 0.2) is 0 Å². The quantitative estimate of drug-likeness (QED) is 0.531. The molecule has 30 heavy (non-hydrogen) atoms. The lowest BCUT2D eigenvalue weighted by Crippen LogP contribution is -2.12. The molecule has 1 heterocycles. The normalized spacial score (nSPS) is 10.5. The number of ether oxygens (including phenoxy) is 2. The number of aromatic nitrogens is 4. The van der Waals surface area contributed by atoms with Gasteiger partial charge >= 0.3 is 0 Å². The lowest BCUT2D eigenvalue weighted by molar-refractivity contribution is 0.102. The number of methoxy groups -OCH3 is 2. The second-order valence-electron chi connectivity index (χ2n) is 6.33. The zero-order valence-corrected chi connectivity index (χ0v) is 16.4. The van der Waals surface area contributed by atoms with Gasteiger partial charge in [-0.15, -0.1) is 15.0 Å². The summed E-state index contributed by atoms with van der Waals surface area (Å²) >= 11 is 0. The van der Waals surface area contributed by atoms with Gasteiger partial charge in [0.25, 0.3) is 5.91 Å². The number of tetrazole rings is 1. The van der Waals surface area contributed by atoms with Crippen LogP contribution in [0, 0.1) is 0 Å². The number of rotatable bonds is 6. The van der Waals surface area contributed by atoms with Crippen LogP contribution in [0.1, 0.15) is 10.4 Å². The molecular weight excluding hydrogens is 382 g/mol. The number of benzene rings is 3. The molecule has 0 unspecified atom stereocenters. The molecule has 4 aromatic rings. The fraction of sp³-hybridized carbons (Fsp3) is 0.0909. The van der Waals surface area contributed by atoms with E-state index in [-0.39, 0.29) is 5.91 Å². The highest BCUT2D eigenvalue weighted by atomic mass is 16.5. The summed E-state index contributed by atoms with van der Waals surface area (Å²) in [5, 5.41) is 15.6. The number of hydrogen-bond acceptors (Lipinski definition) is 6. The lowest BCUT2D eigenvalue weighted by atomic mass is 10.1. The van der Waals surface area contributed by atoms with Crippen LogP contribution in [0.25, 0.3) is 17.1 Å². The summed E-state index contributed by atoms with van der Waals surface area (Å²) in [4.78, 5) is 14.1. The van der Waals surface area contributed by atoms with Crippen LogP contribution >= 0.6 is 0 Å². The summed E-state index contributed by atoms with van der Waals surface area (Å²) in [5.41, 5.74) is 2.52. The van der Waals surface area contributed by atoms with E-state index in [1.54, 1.807) is 44.6 Å². The molecule has 0 aliphatic heterocycles. The minimum Gasteiger partial charge on any atom is -0.497 e. The van der Waals surface area contributed by atoms with Crippen molar-refractivity contribution in [3.63, 3.8) is 0 Å². The second kappa shape index (κ2) is 8.44. The smallest absolute Gasteiger partial charge is 0.255 e. The predicted octanol–water partition coefficient (Wildman–Crippen LogP) is 3.60.